The minimum Gasteiger partial charge on any atom is -0.359 e. The lowest BCUT2D eigenvalue weighted by molar-refractivity contribution is -0.144. The Morgan fingerprint density at radius 2 is 1.81 bits per heavy atom. The van der Waals surface area contributed by atoms with E-state index < -0.39 is 5.60 Å². The summed E-state index contributed by atoms with van der Waals surface area (Å²) in [5.74, 6) is -0.118. The molecule has 1 heterocycles. The van der Waals surface area contributed by atoms with Crippen LogP contribution in [-0.4, -0.2) is 27.8 Å². The SMILES string of the molecule is CCNC(=O)C(C)(C)OCc1nn(Cc2ccccc2)c2ccccc12. The third-order valence-electron chi connectivity index (χ3n) is 4.36. The number of nitrogens with zero attached hydrogens (tertiary/aromatic N) is 2. The van der Waals surface area contributed by atoms with E-state index in [4.69, 9.17) is 9.84 Å². The van der Waals surface area contributed by atoms with Gasteiger partial charge in [-0.05, 0) is 32.4 Å². The van der Waals surface area contributed by atoms with Crippen molar-refractivity contribution in [3.8, 4) is 0 Å². The van der Waals surface area contributed by atoms with Crippen molar-refractivity contribution in [2.45, 2.75) is 39.5 Å². The molecule has 1 N–H and O–H groups in total. The van der Waals surface area contributed by atoms with Crippen molar-refractivity contribution in [1.82, 2.24) is 15.1 Å². The molecule has 5 heteroatoms. The van der Waals surface area contributed by atoms with Gasteiger partial charge in [-0.2, -0.15) is 5.10 Å². The molecule has 0 saturated heterocycles. The van der Waals surface area contributed by atoms with Crippen LogP contribution in [0.15, 0.2) is 54.6 Å². The van der Waals surface area contributed by atoms with Gasteiger partial charge in [0.1, 0.15) is 5.60 Å². The monoisotopic (exact) mass is 351 g/mol. The zero-order chi connectivity index (χ0) is 18.6. The largest absolute Gasteiger partial charge is 0.359 e. The van der Waals surface area contributed by atoms with Crippen molar-refractivity contribution in [2.24, 2.45) is 0 Å². The second kappa shape index (κ2) is 7.70. The van der Waals surface area contributed by atoms with E-state index >= 15 is 0 Å². The fourth-order valence-corrected chi connectivity index (χ4v) is 2.87. The Balaban J connectivity index is 1.84. The molecule has 0 aliphatic carbocycles. The van der Waals surface area contributed by atoms with Crippen molar-refractivity contribution in [3.63, 3.8) is 0 Å². The normalized spacial score (nSPS) is 11.7. The molecule has 0 aliphatic heterocycles. The van der Waals surface area contributed by atoms with Crippen LogP contribution >= 0.6 is 0 Å². The lowest BCUT2D eigenvalue weighted by Crippen LogP contribution is -2.44. The molecule has 3 rings (SSSR count). The van der Waals surface area contributed by atoms with Gasteiger partial charge < -0.3 is 10.1 Å². The standard InChI is InChI=1S/C21H25N3O2/c1-4-22-20(25)21(2,3)26-15-18-17-12-8-9-13-19(17)24(23-18)14-16-10-6-5-7-11-16/h5-13H,4,14-15H2,1-3H3,(H,22,25). The van der Waals surface area contributed by atoms with Crippen LogP contribution in [0.3, 0.4) is 0 Å². The maximum absolute atomic E-state index is 12.1. The number of carbonyl (C=O) groups is 1. The van der Waals surface area contributed by atoms with Crippen LogP contribution in [0.4, 0.5) is 0 Å². The number of carbonyl (C=O) groups excluding carboxylic acids is 1. The zero-order valence-corrected chi connectivity index (χ0v) is 15.5. The lowest BCUT2D eigenvalue weighted by atomic mass is 10.1. The van der Waals surface area contributed by atoms with E-state index in [2.05, 4.69) is 23.5 Å². The number of hydrogen-bond acceptors (Lipinski definition) is 3. The van der Waals surface area contributed by atoms with Crippen LogP contribution in [0, 0.1) is 0 Å². The van der Waals surface area contributed by atoms with Crippen molar-refractivity contribution < 1.29 is 9.53 Å². The van der Waals surface area contributed by atoms with E-state index in [9.17, 15) is 4.79 Å². The van der Waals surface area contributed by atoms with Gasteiger partial charge in [-0.25, -0.2) is 0 Å². The summed E-state index contributed by atoms with van der Waals surface area (Å²) in [6.45, 7) is 7.02. The van der Waals surface area contributed by atoms with E-state index in [0.717, 1.165) is 16.6 Å². The number of fused-ring (bicyclic) bond motifs is 1. The summed E-state index contributed by atoms with van der Waals surface area (Å²) in [5, 5.41) is 8.61. The summed E-state index contributed by atoms with van der Waals surface area (Å²) >= 11 is 0. The van der Waals surface area contributed by atoms with Crippen LogP contribution in [0.2, 0.25) is 0 Å². The first-order chi connectivity index (χ1) is 12.5. The first kappa shape index (κ1) is 18.1. The molecule has 0 fully saturated rings. The van der Waals surface area contributed by atoms with Crippen LogP contribution in [0.1, 0.15) is 32.0 Å². The number of nitrogens with one attached hydrogen (secondary N) is 1. The van der Waals surface area contributed by atoms with E-state index in [-0.39, 0.29) is 12.5 Å². The summed E-state index contributed by atoms with van der Waals surface area (Å²) in [6, 6.07) is 18.3. The van der Waals surface area contributed by atoms with Crippen LogP contribution < -0.4 is 5.32 Å². The second-order valence-corrected chi connectivity index (χ2v) is 6.77. The number of hydrogen-bond donors (Lipinski definition) is 1. The molecule has 136 valence electrons. The van der Waals surface area contributed by atoms with Gasteiger partial charge in [-0.1, -0.05) is 48.5 Å². The van der Waals surface area contributed by atoms with Crippen molar-refractivity contribution >= 4 is 16.8 Å². The lowest BCUT2D eigenvalue weighted by Gasteiger charge is -2.23. The Labute approximate surface area is 154 Å². The molecular weight excluding hydrogens is 326 g/mol. The molecule has 0 atom stereocenters. The van der Waals surface area contributed by atoms with Crippen molar-refractivity contribution in [3.05, 3.63) is 65.9 Å². The molecule has 0 saturated carbocycles. The van der Waals surface area contributed by atoms with Crippen molar-refractivity contribution in [2.75, 3.05) is 6.54 Å². The third kappa shape index (κ3) is 3.94. The van der Waals surface area contributed by atoms with Gasteiger partial charge in [0.2, 0.25) is 0 Å². The summed E-state index contributed by atoms with van der Waals surface area (Å²) in [7, 11) is 0. The van der Waals surface area contributed by atoms with Gasteiger partial charge in [-0.3, -0.25) is 9.48 Å². The molecule has 1 amide bonds. The highest BCUT2D eigenvalue weighted by Gasteiger charge is 2.28. The van der Waals surface area contributed by atoms with Crippen LogP contribution in [0.5, 0.6) is 0 Å². The van der Waals surface area contributed by atoms with E-state index in [0.29, 0.717) is 13.1 Å². The van der Waals surface area contributed by atoms with Gasteiger partial charge in [0, 0.05) is 11.9 Å². The van der Waals surface area contributed by atoms with Gasteiger partial charge in [0.15, 0.2) is 0 Å². The molecular formula is C21H25N3O2. The molecule has 0 spiro atoms. The highest BCUT2D eigenvalue weighted by molar-refractivity contribution is 5.84. The van der Waals surface area contributed by atoms with Gasteiger partial charge in [0.05, 0.1) is 24.4 Å². The Bertz CT molecular complexity index is 885. The Morgan fingerprint density at radius 1 is 1.12 bits per heavy atom. The fourth-order valence-electron chi connectivity index (χ4n) is 2.87. The maximum atomic E-state index is 12.1. The highest BCUT2D eigenvalue weighted by atomic mass is 16.5. The van der Waals surface area contributed by atoms with Gasteiger partial charge >= 0.3 is 0 Å². The molecule has 26 heavy (non-hydrogen) atoms. The van der Waals surface area contributed by atoms with Crippen molar-refractivity contribution in [1.29, 1.82) is 0 Å². The van der Waals surface area contributed by atoms with E-state index in [1.165, 1.54) is 5.56 Å². The zero-order valence-electron chi connectivity index (χ0n) is 15.5. The topological polar surface area (TPSA) is 56.1 Å². The number of amides is 1. The van der Waals surface area contributed by atoms with Crippen LogP contribution in [-0.2, 0) is 22.7 Å². The number of para-hydroxylation sites is 1. The molecule has 0 bridgehead atoms. The molecule has 2 aromatic carbocycles. The Kier molecular flexibility index (Phi) is 5.38. The number of ether oxygens (including phenoxy) is 1. The molecule has 1 aromatic heterocycles. The Hall–Kier alpha value is -2.66. The van der Waals surface area contributed by atoms with E-state index in [1.807, 2.05) is 48.0 Å². The quantitative estimate of drug-likeness (QED) is 0.709. The maximum Gasteiger partial charge on any atom is 0.251 e. The second-order valence-electron chi connectivity index (χ2n) is 6.77. The first-order valence-electron chi connectivity index (χ1n) is 8.92. The molecule has 5 nitrogen and oxygen atoms in total. The molecule has 3 aromatic rings. The van der Waals surface area contributed by atoms with Crippen LogP contribution in [0.25, 0.3) is 10.9 Å². The third-order valence-corrected chi connectivity index (χ3v) is 4.36. The smallest absolute Gasteiger partial charge is 0.251 e. The number of aromatic nitrogens is 2. The fraction of sp³-hybridized carbons (Fsp3) is 0.333. The minimum absolute atomic E-state index is 0.118. The van der Waals surface area contributed by atoms with Gasteiger partial charge in [0.25, 0.3) is 5.91 Å². The summed E-state index contributed by atoms with van der Waals surface area (Å²) in [4.78, 5) is 12.1. The molecule has 0 radical (unpaired) electrons. The number of likely N-dealkylation sites (N-methyl/N-ethyl adjacent to an activating group) is 1. The van der Waals surface area contributed by atoms with E-state index in [1.54, 1.807) is 13.8 Å². The first-order valence-corrected chi connectivity index (χ1v) is 8.92. The minimum atomic E-state index is -0.902. The highest BCUT2D eigenvalue weighted by Crippen LogP contribution is 2.22. The summed E-state index contributed by atoms with van der Waals surface area (Å²) < 4.78 is 7.90. The Morgan fingerprint density at radius 3 is 2.54 bits per heavy atom. The molecule has 0 unspecified atom stereocenters. The summed E-state index contributed by atoms with van der Waals surface area (Å²) in [5.41, 5.74) is 2.19. The number of benzene rings is 2. The predicted octanol–water partition coefficient (Wildman–Crippen LogP) is 3.52. The predicted molar refractivity (Wildman–Crippen MR) is 103 cm³/mol. The number of rotatable bonds is 7. The molecule has 0 aliphatic rings. The van der Waals surface area contributed by atoms with Gasteiger partial charge in [-0.15, -0.1) is 0 Å². The summed E-state index contributed by atoms with van der Waals surface area (Å²) in [6.07, 6.45) is 0. The average molecular weight is 351 g/mol. The average Bonchev–Trinajstić information content (AvgIpc) is 2.99.